The van der Waals surface area contributed by atoms with Gasteiger partial charge in [-0.05, 0) is 11.5 Å². The van der Waals surface area contributed by atoms with Crippen LogP contribution < -0.4 is 4.74 Å². The molecule has 5 nitrogen and oxygen atoms in total. The minimum atomic E-state index is -0.968. The first-order valence-corrected chi connectivity index (χ1v) is 6.93. The van der Waals surface area contributed by atoms with E-state index < -0.39 is 17.9 Å². The van der Waals surface area contributed by atoms with Gasteiger partial charge in [-0.1, -0.05) is 36.4 Å². The summed E-state index contributed by atoms with van der Waals surface area (Å²) >= 11 is 0. The summed E-state index contributed by atoms with van der Waals surface area (Å²) in [7, 11) is 2.48. The van der Waals surface area contributed by atoms with Crippen molar-refractivity contribution >= 4 is 22.7 Å². The molecule has 0 aromatic heterocycles. The van der Waals surface area contributed by atoms with E-state index in [1.54, 1.807) is 0 Å². The highest BCUT2D eigenvalue weighted by Gasteiger charge is 2.28. The molecule has 116 valence electrons. The van der Waals surface area contributed by atoms with Gasteiger partial charge in [-0.2, -0.15) is 0 Å². The van der Waals surface area contributed by atoms with E-state index in [0.29, 0.717) is 5.75 Å². The summed E-state index contributed by atoms with van der Waals surface area (Å²) in [5, 5.41) is 2.05. The monoisotopic (exact) mass is 302 g/mol. The molecule has 0 saturated heterocycles. The molecule has 5 heteroatoms. The average molecular weight is 302 g/mol. The van der Waals surface area contributed by atoms with Crippen molar-refractivity contribution in [1.82, 2.24) is 0 Å². The summed E-state index contributed by atoms with van der Waals surface area (Å²) in [6.07, 6.45) is 0.197. The van der Waals surface area contributed by atoms with Crippen molar-refractivity contribution < 1.29 is 23.8 Å². The van der Waals surface area contributed by atoms with Crippen molar-refractivity contribution in [2.75, 3.05) is 20.8 Å². The van der Waals surface area contributed by atoms with Crippen LogP contribution in [0.15, 0.2) is 42.5 Å². The number of fused-ring (bicyclic) bond motifs is 1. The summed E-state index contributed by atoms with van der Waals surface area (Å²) in [4.78, 5) is 23.2. The van der Waals surface area contributed by atoms with E-state index in [9.17, 15) is 9.59 Å². The van der Waals surface area contributed by atoms with E-state index in [2.05, 4.69) is 9.47 Å². The van der Waals surface area contributed by atoms with Crippen LogP contribution in [0.3, 0.4) is 0 Å². The molecule has 0 saturated carbocycles. The van der Waals surface area contributed by atoms with Gasteiger partial charge in [-0.25, -0.2) is 0 Å². The van der Waals surface area contributed by atoms with Crippen LogP contribution in [0.4, 0.5) is 0 Å². The molecule has 2 aromatic rings. The van der Waals surface area contributed by atoms with Gasteiger partial charge in [0.1, 0.15) is 5.75 Å². The first kappa shape index (κ1) is 15.8. The Morgan fingerprint density at radius 2 is 1.59 bits per heavy atom. The Kier molecular flexibility index (Phi) is 5.36. The second-order valence-corrected chi connectivity index (χ2v) is 4.71. The maximum Gasteiger partial charge on any atom is 0.320 e. The Labute approximate surface area is 128 Å². The first-order valence-electron chi connectivity index (χ1n) is 6.93. The zero-order valence-electron chi connectivity index (χ0n) is 12.6. The van der Waals surface area contributed by atoms with Crippen LogP contribution in [0.2, 0.25) is 0 Å². The lowest BCUT2D eigenvalue weighted by atomic mass is 10.1. The van der Waals surface area contributed by atoms with Gasteiger partial charge in [0, 0.05) is 11.8 Å². The Balaban J connectivity index is 2.05. The largest absolute Gasteiger partial charge is 0.493 e. The molecule has 0 N–H and O–H groups in total. The van der Waals surface area contributed by atoms with Gasteiger partial charge >= 0.3 is 11.9 Å². The highest BCUT2D eigenvalue weighted by molar-refractivity contribution is 5.94. The summed E-state index contributed by atoms with van der Waals surface area (Å²) in [6.45, 7) is 0.211. The topological polar surface area (TPSA) is 61.8 Å². The predicted molar refractivity (Wildman–Crippen MR) is 81.6 cm³/mol. The van der Waals surface area contributed by atoms with Crippen LogP contribution in [0.1, 0.15) is 6.42 Å². The molecular formula is C17H18O5. The molecule has 0 aliphatic heterocycles. The predicted octanol–water partition coefficient (Wildman–Crippen LogP) is 2.57. The minimum Gasteiger partial charge on any atom is -0.493 e. The fourth-order valence-electron chi connectivity index (χ4n) is 2.22. The number of methoxy groups -OCH3 is 2. The van der Waals surface area contributed by atoms with Gasteiger partial charge < -0.3 is 14.2 Å². The highest BCUT2D eigenvalue weighted by atomic mass is 16.5. The standard InChI is InChI=1S/C17H18O5/c1-20-16(18)14(17(19)21-2)10-11-22-15-9-5-7-12-6-3-4-8-13(12)15/h3-9,14H,10-11H2,1-2H3. The molecule has 0 heterocycles. The van der Waals surface area contributed by atoms with Crippen LogP contribution in [0, 0.1) is 5.92 Å². The molecular weight excluding hydrogens is 284 g/mol. The second-order valence-electron chi connectivity index (χ2n) is 4.71. The van der Waals surface area contributed by atoms with Gasteiger partial charge in [-0.15, -0.1) is 0 Å². The molecule has 0 bridgehead atoms. The van der Waals surface area contributed by atoms with Crippen molar-refractivity contribution in [3.8, 4) is 5.75 Å². The molecule has 0 aliphatic rings. The van der Waals surface area contributed by atoms with Gasteiger partial charge in [0.05, 0.1) is 20.8 Å². The summed E-state index contributed by atoms with van der Waals surface area (Å²) in [5.74, 6) is -1.49. The minimum absolute atomic E-state index is 0.197. The molecule has 0 spiro atoms. The van der Waals surface area contributed by atoms with Crippen LogP contribution in [-0.4, -0.2) is 32.8 Å². The zero-order chi connectivity index (χ0) is 15.9. The fraction of sp³-hybridized carbons (Fsp3) is 0.294. The van der Waals surface area contributed by atoms with Gasteiger partial charge in [0.2, 0.25) is 0 Å². The summed E-state index contributed by atoms with van der Waals surface area (Å²) < 4.78 is 14.9. The molecule has 0 fully saturated rings. The van der Waals surface area contributed by atoms with E-state index in [1.807, 2.05) is 42.5 Å². The van der Waals surface area contributed by atoms with Crippen molar-refractivity contribution in [3.05, 3.63) is 42.5 Å². The quantitative estimate of drug-likeness (QED) is 0.606. The fourth-order valence-corrected chi connectivity index (χ4v) is 2.22. The third-order valence-corrected chi connectivity index (χ3v) is 3.39. The highest BCUT2D eigenvalue weighted by Crippen LogP contribution is 2.25. The zero-order valence-corrected chi connectivity index (χ0v) is 12.6. The first-order chi connectivity index (χ1) is 10.7. The lowest BCUT2D eigenvalue weighted by Crippen LogP contribution is -2.28. The van der Waals surface area contributed by atoms with Crippen molar-refractivity contribution in [2.24, 2.45) is 5.92 Å². The number of benzene rings is 2. The number of rotatable bonds is 6. The Hall–Kier alpha value is -2.56. The smallest absolute Gasteiger partial charge is 0.320 e. The number of carbonyl (C=O) groups excluding carboxylic acids is 2. The molecule has 2 rings (SSSR count). The van der Waals surface area contributed by atoms with Gasteiger partial charge in [0.15, 0.2) is 5.92 Å². The third-order valence-electron chi connectivity index (χ3n) is 3.39. The summed E-state index contributed by atoms with van der Waals surface area (Å²) in [5.41, 5.74) is 0. The molecule has 0 atom stereocenters. The van der Waals surface area contributed by atoms with Crippen LogP contribution in [0.25, 0.3) is 10.8 Å². The Bertz CT molecular complexity index is 644. The number of ether oxygens (including phenoxy) is 3. The maximum absolute atomic E-state index is 11.6. The molecule has 0 amide bonds. The van der Waals surface area contributed by atoms with Gasteiger partial charge in [0.25, 0.3) is 0 Å². The summed E-state index contributed by atoms with van der Waals surface area (Å²) in [6, 6.07) is 13.6. The molecule has 2 aromatic carbocycles. The lowest BCUT2D eigenvalue weighted by Gasteiger charge is -2.14. The van der Waals surface area contributed by atoms with Crippen molar-refractivity contribution in [2.45, 2.75) is 6.42 Å². The van der Waals surface area contributed by atoms with Gasteiger partial charge in [-0.3, -0.25) is 9.59 Å². The number of hydrogen-bond acceptors (Lipinski definition) is 5. The average Bonchev–Trinajstić information content (AvgIpc) is 2.57. The van der Waals surface area contributed by atoms with E-state index in [4.69, 9.17) is 4.74 Å². The lowest BCUT2D eigenvalue weighted by molar-refractivity contribution is -0.159. The molecule has 0 unspecified atom stereocenters. The molecule has 22 heavy (non-hydrogen) atoms. The third kappa shape index (κ3) is 3.55. The number of hydrogen-bond donors (Lipinski definition) is 0. The maximum atomic E-state index is 11.6. The second kappa shape index (κ2) is 7.45. The number of esters is 2. The normalized spacial score (nSPS) is 10.5. The SMILES string of the molecule is COC(=O)C(CCOc1cccc2ccccc12)C(=O)OC. The van der Waals surface area contributed by atoms with E-state index in [0.717, 1.165) is 10.8 Å². The van der Waals surface area contributed by atoms with Crippen LogP contribution in [-0.2, 0) is 19.1 Å². The molecule has 0 radical (unpaired) electrons. The van der Waals surface area contributed by atoms with Crippen molar-refractivity contribution in [3.63, 3.8) is 0 Å². The number of carbonyl (C=O) groups is 2. The van der Waals surface area contributed by atoms with E-state index in [-0.39, 0.29) is 13.0 Å². The van der Waals surface area contributed by atoms with Crippen LogP contribution in [0.5, 0.6) is 5.75 Å². The Morgan fingerprint density at radius 3 is 2.27 bits per heavy atom. The van der Waals surface area contributed by atoms with Crippen LogP contribution >= 0.6 is 0 Å². The van der Waals surface area contributed by atoms with Crippen molar-refractivity contribution in [1.29, 1.82) is 0 Å². The Morgan fingerprint density at radius 1 is 0.955 bits per heavy atom. The van der Waals surface area contributed by atoms with E-state index in [1.165, 1.54) is 14.2 Å². The molecule has 0 aliphatic carbocycles. The van der Waals surface area contributed by atoms with E-state index >= 15 is 0 Å².